The molecule has 0 aliphatic carbocycles. The normalized spacial score (nSPS) is 15.8. The van der Waals surface area contributed by atoms with Gasteiger partial charge in [0.2, 0.25) is 0 Å². The topological polar surface area (TPSA) is 76.8 Å². The quantitative estimate of drug-likeness (QED) is 0.228. The summed E-state index contributed by atoms with van der Waals surface area (Å²) in [5.41, 5.74) is 3.00. The minimum absolute atomic E-state index is 0.189. The largest absolute Gasteiger partial charge is 0.465 e. The summed E-state index contributed by atoms with van der Waals surface area (Å²) in [5, 5.41) is 15.8. The number of aromatic nitrogens is 2. The number of carboxylic acid groups (broad SMARTS) is 1. The maximum absolute atomic E-state index is 11.4. The molecule has 4 rings (SSSR count). The van der Waals surface area contributed by atoms with E-state index in [0.29, 0.717) is 44.5 Å². The van der Waals surface area contributed by atoms with Gasteiger partial charge in [-0.25, -0.2) is 9.48 Å². The minimum atomic E-state index is -1.13. The molecule has 1 amide bonds. The molecule has 0 spiro atoms. The van der Waals surface area contributed by atoms with Crippen molar-refractivity contribution < 1.29 is 19.4 Å². The SMILES string of the molecule is C[Si](C)(C)CCOCn1cc2cc(Cl)cc(CCOCC3(c4ccccc4)CCN(C(=O)O)CC3)c2n1. The van der Waals surface area contributed by atoms with Gasteiger partial charge in [0.1, 0.15) is 6.73 Å². The van der Waals surface area contributed by atoms with Crippen molar-refractivity contribution in [2.75, 3.05) is 32.9 Å². The molecule has 0 unspecified atom stereocenters. The van der Waals surface area contributed by atoms with Gasteiger partial charge in [0, 0.05) is 49.8 Å². The summed E-state index contributed by atoms with van der Waals surface area (Å²) in [7, 11) is -1.13. The molecule has 0 atom stereocenters. The van der Waals surface area contributed by atoms with Crippen molar-refractivity contribution in [2.45, 2.75) is 57.1 Å². The summed E-state index contributed by atoms with van der Waals surface area (Å²) < 4.78 is 14.0. The standard InChI is InChI=1S/C28H38ClN3O4Si/c1-37(2,3)16-15-36-21-32-19-23-18-25(29)17-22(26(23)30-32)9-14-35-20-28(24-7-5-4-6-8-24)10-12-31(13-11-28)27(33)34/h4-8,17-19H,9-16,20-21H2,1-3H3,(H,33,34). The molecular weight excluding hydrogens is 506 g/mol. The van der Waals surface area contributed by atoms with Crippen molar-refractivity contribution in [2.24, 2.45) is 0 Å². The fraction of sp³-hybridized carbons (Fsp3) is 0.500. The number of ether oxygens (including phenoxy) is 2. The van der Waals surface area contributed by atoms with E-state index in [9.17, 15) is 9.90 Å². The van der Waals surface area contributed by atoms with Gasteiger partial charge in [-0.15, -0.1) is 0 Å². The van der Waals surface area contributed by atoms with E-state index in [0.717, 1.165) is 42.0 Å². The van der Waals surface area contributed by atoms with Crippen LogP contribution in [-0.4, -0.2) is 66.9 Å². The number of hydrogen-bond acceptors (Lipinski definition) is 4. The number of fused-ring (bicyclic) bond motifs is 1. The number of nitrogens with zero attached hydrogens (tertiary/aromatic N) is 3. The molecule has 1 N–H and O–H groups in total. The molecule has 1 fully saturated rings. The van der Waals surface area contributed by atoms with Gasteiger partial charge in [-0.3, -0.25) is 0 Å². The van der Waals surface area contributed by atoms with Crippen LogP contribution in [0.2, 0.25) is 30.7 Å². The Morgan fingerprint density at radius 2 is 1.84 bits per heavy atom. The number of rotatable bonds is 11. The monoisotopic (exact) mass is 543 g/mol. The molecule has 1 aliphatic heterocycles. The highest BCUT2D eigenvalue weighted by Gasteiger charge is 2.37. The number of likely N-dealkylation sites (tertiary alicyclic amines) is 1. The predicted molar refractivity (Wildman–Crippen MR) is 150 cm³/mol. The van der Waals surface area contributed by atoms with Crippen molar-refractivity contribution in [3.05, 3.63) is 64.8 Å². The Kier molecular flexibility index (Phi) is 8.95. The van der Waals surface area contributed by atoms with Crippen LogP contribution in [0.3, 0.4) is 0 Å². The summed E-state index contributed by atoms with van der Waals surface area (Å²) >= 11 is 6.43. The molecule has 7 nitrogen and oxygen atoms in total. The molecule has 37 heavy (non-hydrogen) atoms. The molecule has 1 aliphatic rings. The highest BCUT2D eigenvalue weighted by Crippen LogP contribution is 2.36. The van der Waals surface area contributed by atoms with Crippen LogP contribution in [0, 0.1) is 0 Å². The average Bonchev–Trinajstić information content (AvgIpc) is 3.27. The fourth-order valence-electron chi connectivity index (χ4n) is 4.89. The smallest absolute Gasteiger partial charge is 0.407 e. The van der Waals surface area contributed by atoms with Crippen LogP contribution in [0.15, 0.2) is 48.7 Å². The first kappa shape index (κ1) is 27.6. The number of carbonyl (C=O) groups is 1. The van der Waals surface area contributed by atoms with Crippen molar-refractivity contribution in [3.8, 4) is 0 Å². The molecule has 0 radical (unpaired) electrons. The lowest BCUT2D eigenvalue weighted by Crippen LogP contribution is -2.47. The molecule has 2 aromatic carbocycles. The maximum Gasteiger partial charge on any atom is 0.407 e. The zero-order valence-electron chi connectivity index (χ0n) is 22.1. The Labute approximate surface area is 225 Å². The molecule has 3 aromatic rings. The maximum atomic E-state index is 11.4. The molecular formula is C28H38ClN3O4Si. The van der Waals surface area contributed by atoms with Crippen molar-refractivity contribution >= 4 is 36.7 Å². The Morgan fingerprint density at radius 3 is 2.51 bits per heavy atom. The van der Waals surface area contributed by atoms with Crippen molar-refractivity contribution in [3.63, 3.8) is 0 Å². The van der Waals surface area contributed by atoms with Gasteiger partial charge in [0.05, 0.1) is 18.7 Å². The first-order chi connectivity index (χ1) is 17.7. The Morgan fingerprint density at radius 1 is 1.11 bits per heavy atom. The third-order valence-corrected chi connectivity index (χ3v) is 9.11. The van der Waals surface area contributed by atoms with E-state index in [1.54, 1.807) is 0 Å². The minimum Gasteiger partial charge on any atom is -0.465 e. The zero-order chi connectivity index (χ0) is 26.5. The Hall–Kier alpha value is -2.39. The van der Waals surface area contributed by atoms with Gasteiger partial charge < -0.3 is 19.5 Å². The molecule has 1 aromatic heterocycles. The number of hydrogen-bond donors (Lipinski definition) is 1. The van der Waals surface area contributed by atoms with E-state index in [4.69, 9.17) is 26.2 Å². The average molecular weight is 544 g/mol. The lowest BCUT2D eigenvalue weighted by Gasteiger charge is -2.41. The third kappa shape index (κ3) is 7.35. The fourth-order valence-corrected chi connectivity index (χ4v) is 5.90. The van der Waals surface area contributed by atoms with E-state index in [2.05, 4.69) is 31.8 Å². The number of amides is 1. The van der Waals surface area contributed by atoms with Gasteiger partial charge in [0.15, 0.2) is 0 Å². The molecule has 0 saturated carbocycles. The second-order valence-corrected chi connectivity index (χ2v) is 17.3. The molecule has 1 saturated heterocycles. The third-order valence-electron chi connectivity index (χ3n) is 7.19. The summed E-state index contributed by atoms with van der Waals surface area (Å²) in [5.74, 6) is 0. The van der Waals surface area contributed by atoms with Crippen LogP contribution >= 0.6 is 11.6 Å². The van der Waals surface area contributed by atoms with Crippen LogP contribution < -0.4 is 0 Å². The lowest BCUT2D eigenvalue weighted by molar-refractivity contribution is 0.0461. The van der Waals surface area contributed by atoms with Crippen molar-refractivity contribution in [1.82, 2.24) is 14.7 Å². The zero-order valence-corrected chi connectivity index (χ0v) is 23.8. The summed E-state index contributed by atoms with van der Waals surface area (Å²) in [6, 6.07) is 15.4. The Balaban J connectivity index is 1.38. The number of halogens is 1. The molecule has 9 heteroatoms. The van der Waals surface area contributed by atoms with Crippen LogP contribution in [0.25, 0.3) is 10.9 Å². The van der Waals surface area contributed by atoms with E-state index < -0.39 is 14.2 Å². The summed E-state index contributed by atoms with van der Waals surface area (Å²) in [6.45, 7) is 10.3. The van der Waals surface area contributed by atoms with Gasteiger partial charge in [0.25, 0.3) is 0 Å². The highest BCUT2D eigenvalue weighted by molar-refractivity contribution is 6.76. The van der Waals surface area contributed by atoms with Crippen LogP contribution in [-0.2, 0) is 28.0 Å². The summed E-state index contributed by atoms with van der Waals surface area (Å²) in [6.07, 6.45) is 3.31. The van der Waals surface area contributed by atoms with E-state index in [1.165, 1.54) is 10.5 Å². The highest BCUT2D eigenvalue weighted by atomic mass is 35.5. The van der Waals surface area contributed by atoms with Gasteiger partial charge in [-0.1, -0.05) is 61.6 Å². The summed E-state index contributed by atoms with van der Waals surface area (Å²) in [4.78, 5) is 12.9. The second kappa shape index (κ2) is 12.0. The van der Waals surface area contributed by atoms with Gasteiger partial charge in [-0.2, -0.15) is 5.10 Å². The van der Waals surface area contributed by atoms with Gasteiger partial charge in [-0.05, 0) is 48.6 Å². The van der Waals surface area contributed by atoms with Crippen LogP contribution in [0.1, 0.15) is 24.0 Å². The number of piperidine rings is 1. The van der Waals surface area contributed by atoms with Crippen molar-refractivity contribution in [1.29, 1.82) is 0 Å². The molecule has 200 valence electrons. The van der Waals surface area contributed by atoms with Gasteiger partial charge >= 0.3 is 6.09 Å². The second-order valence-electron chi connectivity index (χ2n) is 11.2. The lowest BCUT2D eigenvalue weighted by atomic mass is 9.73. The molecule has 2 heterocycles. The molecule has 0 bridgehead atoms. The Bertz CT molecular complexity index is 1190. The number of benzene rings is 2. The van der Waals surface area contributed by atoms with Crippen LogP contribution in [0.4, 0.5) is 4.79 Å². The van der Waals surface area contributed by atoms with E-state index in [-0.39, 0.29) is 5.41 Å². The predicted octanol–water partition coefficient (Wildman–Crippen LogP) is 6.27. The van der Waals surface area contributed by atoms with E-state index >= 15 is 0 Å². The van der Waals surface area contributed by atoms with E-state index in [1.807, 2.05) is 41.2 Å². The first-order valence-corrected chi connectivity index (χ1v) is 17.1. The van der Waals surface area contributed by atoms with Crippen LogP contribution in [0.5, 0.6) is 0 Å². The first-order valence-electron chi connectivity index (χ1n) is 13.0.